The first kappa shape index (κ1) is 20.7. The van der Waals surface area contributed by atoms with Gasteiger partial charge in [-0.15, -0.1) is 21.5 Å². The van der Waals surface area contributed by atoms with Gasteiger partial charge in [-0.25, -0.2) is 0 Å². The second kappa shape index (κ2) is 8.18. The van der Waals surface area contributed by atoms with E-state index in [4.69, 9.17) is 16.6 Å². The molecule has 1 atom stereocenters. The summed E-state index contributed by atoms with van der Waals surface area (Å²) >= 11 is 7.90. The predicted molar refractivity (Wildman–Crippen MR) is 119 cm³/mol. The first-order chi connectivity index (χ1) is 13.4. The van der Waals surface area contributed by atoms with Crippen LogP contribution in [0.4, 0.5) is 0 Å². The molecule has 3 aromatic rings. The Morgan fingerprint density at radius 2 is 1.68 bits per heavy atom. The molecule has 0 saturated heterocycles. The number of aliphatic imine (C=N–C) groups is 1. The SMILES string of the molecule is CC.Cc1sc2c(c1C)C(c1ccc(Cl)cc1)=NC(C(C)C)c1nnc(C)n1-2. The number of halogens is 1. The molecule has 28 heavy (non-hydrogen) atoms. The third-order valence-corrected chi connectivity index (χ3v) is 6.38. The van der Waals surface area contributed by atoms with Crippen LogP contribution < -0.4 is 0 Å². The highest BCUT2D eigenvalue weighted by molar-refractivity contribution is 7.15. The second-order valence-electron chi connectivity index (χ2n) is 7.08. The molecule has 0 spiro atoms. The Morgan fingerprint density at radius 1 is 1.04 bits per heavy atom. The largest absolute Gasteiger partial charge is 0.272 e. The molecule has 0 radical (unpaired) electrons. The van der Waals surface area contributed by atoms with Crippen molar-refractivity contribution in [2.75, 3.05) is 0 Å². The molecular formula is C22H27ClN4S. The number of hydrogen-bond acceptors (Lipinski definition) is 4. The minimum Gasteiger partial charge on any atom is -0.272 e. The van der Waals surface area contributed by atoms with Crippen LogP contribution in [0.3, 0.4) is 0 Å². The Bertz CT molecular complexity index is 1010. The van der Waals surface area contributed by atoms with E-state index in [1.165, 1.54) is 16.0 Å². The summed E-state index contributed by atoms with van der Waals surface area (Å²) in [6.07, 6.45) is 0. The first-order valence-corrected chi connectivity index (χ1v) is 10.9. The van der Waals surface area contributed by atoms with Gasteiger partial charge in [-0.3, -0.25) is 9.56 Å². The van der Waals surface area contributed by atoms with Crippen LogP contribution in [0.5, 0.6) is 0 Å². The van der Waals surface area contributed by atoms with E-state index in [1.807, 2.05) is 45.0 Å². The number of thiophene rings is 1. The third kappa shape index (κ3) is 3.42. The normalized spacial score (nSPS) is 15.3. The highest BCUT2D eigenvalue weighted by Gasteiger charge is 2.32. The van der Waals surface area contributed by atoms with Crippen LogP contribution in [0.1, 0.15) is 67.0 Å². The average Bonchev–Trinajstić information content (AvgIpc) is 3.13. The lowest BCUT2D eigenvalue weighted by atomic mass is 9.99. The molecule has 4 nitrogen and oxygen atoms in total. The smallest absolute Gasteiger partial charge is 0.163 e. The number of fused-ring (bicyclic) bond motifs is 3. The Hall–Kier alpha value is -1.98. The summed E-state index contributed by atoms with van der Waals surface area (Å²) in [7, 11) is 0. The Morgan fingerprint density at radius 3 is 2.29 bits per heavy atom. The quantitative estimate of drug-likeness (QED) is 0.481. The molecule has 4 rings (SSSR count). The van der Waals surface area contributed by atoms with E-state index in [0.717, 1.165) is 32.9 Å². The van der Waals surface area contributed by atoms with E-state index in [2.05, 4.69) is 42.5 Å². The van der Waals surface area contributed by atoms with Crippen LogP contribution in [0.2, 0.25) is 5.02 Å². The zero-order valence-corrected chi connectivity index (χ0v) is 19.1. The molecule has 1 unspecified atom stereocenters. The van der Waals surface area contributed by atoms with Crippen LogP contribution in [0.15, 0.2) is 29.3 Å². The molecule has 3 heterocycles. The van der Waals surface area contributed by atoms with Crippen molar-refractivity contribution in [2.45, 2.75) is 54.5 Å². The number of nitrogens with zero attached hydrogens (tertiary/aromatic N) is 4. The van der Waals surface area contributed by atoms with Crippen LogP contribution in [0.25, 0.3) is 5.00 Å². The molecule has 0 aliphatic carbocycles. The highest BCUT2D eigenvalue weighted by atomic mass is 35.5. The number of hydrogen-bond donors (Lipinski definition) is 0. The lowest BCUT2D eigenvalue weighted by molar-refractivity contribution is 0.488. The molecule has 1 aromatic carbocycles. The van der Waals surface area contributed by atoms with Gasteiger partial charge in [0.15, 0.2) is 5.82 Å². The van der Waals surface area contributed by atoms with Crippen molar-refractivity contribution in [3.8, 4) is 5.00 Å². The maximum Gasteiger partial charge on any atom is 0.163 e. The van der Waals surface area contributed by atoms with Crippen molar-refractivity contribution in [3.63, 3.8) is 0 Å². The fraction of sp³-hybridized carbons (Fsp3) is 0.409. The van der Waals surface area contributed by atoms with Crippen molar-refractivity contribution in [1.29, 1.82) is 0 Å². The van der Waals surface area contributed by atoms with E-state index >= 15 is 0 Å². The summed E-state index contributed by atoms with van der Waals surface area (Å²) in [6.45, 7) is 14.7. The fourth-order valence-electron chi connectivity index (χ4n) is 3.40. The molecule has 0 N–H and O–H groups in total. The van der Waals surface area contributed by atoms with Gasteiger partial charge in [0.1, 0.15) is 16.9 Å². The molecule has 0 bridgehead atoms. The molecule has 1 aliphatic heterocycles. The molecule has 1 aliphatic rings. The van der Waals surface area contributed by atoms with Crippen molar-refractivity contribution in [2.24, 2.45) is 10.9 Å². The summed E-state index contributed by atoms with van der Waals surface area (Å²) < 4.78 is 2.19. The van der Waals surface area contributed by atoms with E-state index < -0.39 is 0 Å². The number of aromatic nitrogens is 3. The summed E-state index contributed by atoms with van der Waals surface area (Å²) in [5.41, 5.74) is 4.55. The van der Waals surface area contributed by atoms with Crippen LogP contribution in [-0.2, 0) is 0 Å². The summed E-state index contributed by atoms with van der Waals surface area (Å²) in [5, 5.41) is 10.7. The van der Waals surface area contributed by atoms with Gasteiger partial charge >= 0.3 is 0 Å². The fourth-order valence-corrected chi connectivity index (χ4v) is 4.74. The minimum absolute atomic E-state index is 0.0406. The minimum atomic E-state index is -0.0406. The third-order valence-electron chi connectivity index (χ3n) is 4.94. The van der Waals surface area contributed by atoms with Gasteiger partial charge in [0, 0.05) is 21.0 Å². The van der Waals surface area contributed by atoms with E-state index in [-0.39, 0.29) is 6.04 Å². The summed E-state index contributed by atoms with van der Waals surface area (Å²) in [4.78, 5) is 6.49. The first-order valence-electron chi connectivity index (χ1n) is 9.75. The monoisotopic (exact) mass is 414 g/mol. The summed E-state index contributed by atoms with van der Waals surface area (Å²) in [5.74, 6) is 2.14. The lowest BCUT2D eigenvalue weighted by Gasteiger charge is -2.16. The number of benzene rings is 1. The standard InChI is InChI=1S/C20H21ClN4S.C2H6/c1-10(2)17-19-24-23-13(5)25(19)20-16(11(3)12(4)26-20)18(22-17)14-6-8-15(21)9-7-14;1-2/h6-10,17H,1-5H3;1-2H3. The van der Waals surface area contributed by atoms with Gasteiger partial charge in [0.25, 0.3) is 0 Å². The van der Waals surface area contributed by atoms with Gasteiger partial charge in [-0.2, -0.15) is 0 Å². The zero-order chi connectivity index (χ0) is 20.6. The average molecular weight is 415 g/mol. The van der Waals surface area contributed by atoms with Crippen molar-refractivity contribution >= 4 is 28.6 Å². The van der Waals surface area contributed by atoms with E-state index in [9.17, 15) is 0 Å². The van der Waals surface area contributed by atoms with E-state index in [1.54, 1.807) is 11.3 Å². The molecule has 0 amide bonds. The van der Waals surface area contributed by atoms with Gasteiger partial charge < -0.3 is 0 Å². The Balaban J connectivity index is 0.00000109. The van der Waals surface area contributed by atoms with Gasteiger partial charge in [-0.05, 0) is 44.4 Å². The summed E-state index contributed by atoms with van der Waals surface area (Å²) in [6, 6.07) is 7.91. The molecular weight excluding hydrogens is 388 g/mol. The van der Waals surface area contributed by atoms with Gasteiger partial charge in [0.05, 0.1) is 5.71 Å². The van der Waals surface area contributed by atoms with Crippen LogP contribution in [0, 0.1) is 26.7 Å². The van der Waals surface area contributed by atoms with Gasteiger partial charge in [0.2, 0.25) is 0 Å². The van der Waals surface area contributed by atoms with Crippen molar-refractivity contribution < 1.29 is 0 Å². The van der Waals surface area contributed by atoms with Crippen molar-refractivity contribution in [3.05, 3.63) is 62.5 Å². The maximum absolute atomic E-state index is 6.11. The molecule has 2 aromatic heterocycles. The van der Waals surface area contributed by atoms with Gasteiger partial charge in [-0.1, -0.05) is 51.4 Å². The molecule has 148 valence electrons. The Kier molecular flexibility index (Phi) is 6.06. The highest BCUT2D eigenvalue weighted by Crippen LogP contribution is 2.40. The number of rotatable bonds is 2. The second-order valence-corrected chi connectivity index (χ2v) is 8.72. The zero-order valence-electron chi connectivity index (χ0n) is 17.5. The number of aryl methyl sites for hydroxylation is 2. The van der Waals surface area contributed by atoms with E-state index in [0.29, 0.717) is 5.92 Å². The van der Waals surface area contributed by atoms with Crippen LogP contribution in [-0.4, -0.2) is 20.5 Å². The lowest BCUT2D eigenvalue weighted by Crippen LogP contribution is -2.11. The maximum atomic E-state index is 6.11. The van der Waals surface area contributed by atoms with Crippen molar-refractivity contribution in [1.82, 2.24) is 14.8 Å². The topological polar surface area (TPSA) is 43.1 Å². The molecule has 0 saturated carbocycles. The Labute approximate surface area is 176 Å². The predicted octanol–water partition coefficient (Wildman–Crippen LogP) is 6.48. The van der Waals surface area contributed by atoms with Crippen LogP contribution >= 0.6 is 22.9 Å². The molecule has 0 fully saturated rings. The molecule has 6 heteroatoms.